The molecule has 136 valence electrons. The minimum atomic E-state index is -0.908. The predicted octanol–water partition coefficient (Wildman–Crippen LogP) is 3.39. The Morgan fingerprint density at radius 1 is 1.22 bits per heavy atom. The van der Waals surface area contributed by atoms with Crippen molar-refractivity contribution in [2.45, 2.75) is 11.7 Å². The molecule has 2 N–H and O–H groups in total. The van der Waals surface area contributed by atoms with Crippen molar-refractivity contribution < 1.29 is 14.0 Å². The van der Waals surface area contributed by atoms with Gasteiger partial charge in [0.2, 0.25) is 5.91 Å². The van der Waals surface area contributed by atoms with E-state index in [9.17, 15) is 19.2 Å². The van der Waals surface area contributed by atoms with E-state index in [1.807, 2.05) is 0 Å². The molecular formula is C19H13ClFN3O2S. The third-order valence-electron chi connectivity index (χ3n) is 3.94. The maximum absolute atomic E-state index is 13.1. The van der Waals surface area contributed by atoms with Gasteiger partial charge in [-0.2, -0.15) is 5.26 Å². The van der Waals surface area contributed by atoms with Crippen molar-refractivity contribution >= 4 is 40.9 Å². The fourth-order valence-corrected chi connectivity index (χ4v) is 4.10. The summed E-state index contributed by atoms with van der Waals surface area (Å²) in [6.07, 6.45) is 0.314. The molecule has 0 saturated carbocycles. The van der Waals surface area contributed by atoms with Crippen molar-refractivity contribution in [3.05, 3.63) is 75.5 Å². The molecule has 2 amide bonds. The van der Waals surface area contributed by atoms with Crippen LogP contribution in [0.1, 0.15) is 5.56 Å². The predicted molar refractivity (Wildman–Crippen MR) is 102 cm³/mol. The Morgan fingerprint density at radius 2 is 1.85 bits per heavy atom. The molecule has 1 unspecified atom stereocenters. The lowest BCUT2D eigenvalue weighted by Gasteiger charge is -2.18. The highest BCUT2D eigenvalue weighted by Crippen LogP contribution is 2.42. The number of hydrogen-bond donors (Lipinski definition) is 1. The number of amides is 2. The van der Waals surface area contributed by atoms with E-state index in [-0.39, 0.29) is 22.3 Å². The summed E-state index contributed by atoms with van der Waals surface area (Å²) in [6, 6.07) is 14.1. The second-order valence-electron chi connectivity index (χ2n) is 5.74. The van der Waals surface area contributed by atoms with Gasteiger partial charge in [0, 0.05) is 10.7 Å². The first-order valence-electron chi connectivity index (χ1n) is 7.85. The third-order valence-corrected chi connectivity index (χ3v) is 5.46. The van der Waals surface area contributed by atoms with Crippen LogP contribution in [0.3, 0.4) is 0 Å². The number of anilines is 1. The fraction of sp³-hybridized carbons (Fsp3) is 0.105. The van der Waals surface area contributed by atoms with Crippen LogP contribution in [0.25, 0.3) is 0 Å². The van der Waals surface area contributed by atoms with E-state index in [0.717, 1.165) is 17.3 Å². The largest absolute Gasteiger partial charge is 0.365 e. The number of hydrogen-bond acceptors (Lipinski definition) is 4. The van der Waals surface area contributed by atoms with E-state index in [0.29, 0.717) is 17.1 Å². The molecular weight excluding hydrogens is 389 g/mol. The van der Waals surface area contributed by atoms with Crippen molar-refractivity contribution in [2.24, 2.45) is 5.73 Å². The minimum absolute atomic E-state index is 0.185. The number of nitrogens with two attached hydrogens (primary N) is 1. The molecule has 0 aromatic heterocycles. The molecule has 0 radical (unpaired) electrons. The zero-order valence-corrected chi connectivity index (χ0v) is 15.4. The minimum Gasteiger partial charge on any atom is -0.365 e. The van der Waals surface area contributed by atoms with Gasteiger partial charge < -0.3 is 5.73 Å². The van der Waals surface area contributed by atoms with Gasteiger partial charge in [0.1, 0.15) is 22.5 Å². The third kappa shape index (κ3) is 3.97. The van der Waals surface area contributed by atoms with Crippen molar-refractivity contribution in [1.29, 1.82) is 5.26 Å². The second kappa shape index (κ2) is 7.82. The van der Waals surface area contributed by atoms with Crippen LogP contribution in [0.2, 0.25) is 5.02 Å². The number of carbonyl (C=O) groups is 2. The first kappa shape index (κ1) is 19.0. The van der Waals surface area contributed by atoms with Gasteiger partial charge in [-0.05, 0) is 48.4 Å². The van der Waals surface area contributed by atoms with Gasteiger partial charge in [0.15, 0.2) is 0 Å². The van der Waals surface area contributed by atoms with Crippen molar-refractivity contribution in [2.75, 3.05) is 4.90 Å². The van der Waals surface area contributed by atoms with Crippen LogP contribution in [0.5, 0.6) is 0 Å². The van der Waals surface area contributed by atoms with Gasteiger partial charge in [0.25, 0.3) is 5.91 Å². The lowest BCUT2D eigenvalue weighted by molar-refractivity contribution is -0.117. The maximum Gasteiger partial charge on any atom is 0.262 e. The highest BCUT2D eigenvalue weighted by Gasteiger charge is 2.40. The monoisotopic (exact) mass is 401 g/mol. The van der Waals surface area contributed by atoms with Gasteiger partial charge in [-0.25, -0.2) is 4.39 Å². The Morgan fingerprint density at radius 3 is 2.41 bits per heavy atom. The smallest absolute Gasteiger partial charge is 0.262 e. The normalized spacial score (nSPS) is 18.3. The number of primary amides is 1. The molecule has 1 heterocycles. The SMILES string of the molecule is N#C/C(C(N)=O)=C1/SC(Cc2ccc(F)cc2)C(=O)N1c1ccc(Cl)cc1. The average molecular weight is 402 g/mol. The Labute approximate surface area is 164 Å². The van der Waals surface area contributed by atoms with Gasteiger partial charge in [-0.3, -0.25) is 14.5 Å². The second-order valence-corrected chi connectivity index (χ2v) is 7.37. The first-order chi connectivity index (χ1) is 12.9. The van der Waals surface area contributed by atoms with Gasteiger partial charge >= 0.3 is 0 Å². The molecule has 8 heteroatoms. The summed E-state index contributed by atoms with van der Waals surface area (Å²) < 4.78 is 13.1. The maximum atomic E-state index is 13.1. The molecule has 0 bridgehead atoms. The van der Waals surface area contributed by atoms with E-state index < -0.39 is 11.2 Å². The average Bonchev–Trinajstić information content (AvgIpc) is 2.94. The Hall–Kier alpha value is -2.82. The molecule has 0 spiro atoms. The highest BCUT2D eigenvalue weighted by atomic mass is 35.5. The molecule has 2 aromatic rings. The van der Waals surface area contributed by atoms with Crippen LogP contribution in [0.4, 0.5) is 10.1 Å². The van der Waals surface area contributed by atoms with Crippen molar-refractivity contribution in [1.82, 2.24) is 0 Å². The fourth-order valence-electron chi connectivity index (χ4n) is 2.66. The molecule has 1 atom stereocenters. The van der Waals surface area contributed by atoms with Gasteiger partial charge in [0.05, 0.1) is 5.25 Å². The molecule has 3 rings (SSSR count). The Bertz CT molecular complexity index is 968. The summed E-state index contributed by atoms with van der Waals surface area (Å²) in [5.41, 5.74) is 6.27. The highest BCUT2D eigenvalue weighted by molar-refractivity contribution is 8.05. The zero-order valence-electron chi connectivity index (χ0n) is 13.9. The topological polar surface area (TPSA) is 87.2 Å². The number of thioether (sulfide) groups is 1. The van der Waals surface area contributed by atoms with E-state index in [1.54, 1.807) is 42.5 Å². The summed E-state index contributed by atoms with van der Waals surface area (Å²) in [6.45, 7) is 0. The number of nitrogens with zero attached hydrogens (tertiary/aromatic N) is 2. The van der Waals surface area contributed by atoms with E-state index >= 15 is 0 Å². The summed E-state index contributed by atoms with van der Waals surface area (Å²) in [5, 5.41) is 9.43. The summed E-state index contributed by atoms with van der Waals surface area (Å²) in [4.78, 5) is 26.0. The molecule has 1 aliphatic heterocycles. The molecule has 27 heavy (non-hydrogen) atoms. The molecule has 0 aliphatic carbocycles. The number of nitriles is 1. The molecule has 1 aliphatic rings. The lowest BCUT2D eigenvalue weighted by Crippen LogP contribution is -2.31. The quantitative estimate of drug-likeness (QED) is 0.628. The summed E-state index contributed by atoms with van der Waals surface area (Å²) in [5.74, 6) is -1.57. The van der Waals surface area contributed by atoms with Crippen LogP contribution in [-0.4, -0.2) is 17.1 Å². The van der Waals surface area contributed by atoms with E-state index in [1.165, 1.54) is 17.0 Å². The van der Waals surface area contributed by atoms with Crippen LogP contribution >= 0.6 is 23.4 Å². The van der Waals surface area contributed by atoms with Crippen molar-refractivity contribution in [3.8, 4) is 6.07 Å². The summed E-state index contributed by atoms with van der Waals surface area (Å²) >= 11 is 6.99. The van der Waals surface area contributed by atoms with Gasteiger partial charge in [-0.1, -0.05) is 35.5 Å². The van der Waals surface area contributed by atoms with Crippen molar-refractivity contribution in [3.63, 3.8) is 0 Å². The van der Waals surface area contributed by atoms with Crippen LogP contribution in [-0.2, 0) is 16.0 Å². The molecule has 1 fully saturated rings. The summed E-state index contributed by atoms with van der Waals surface area (Å²) in [7, 11) is 0. The van der Waals surface area contributed by atoms with E-state index in [2.05, 4.69) is 0 Å². The molecule has 5 nitrogen and oxygen atoms in total. The molecule has 1 saturated heterocycles. The van der Waals surface area contributed by atoms with E-state index in [4.69, 9.17) is 17.3 Å². The number of benzene rings is 2. The standard InChI is InChI=1S/C19H13ClFN3O2S/c20-12-3-7-14(8-4-12)24-18(26)16(9-11-1-5-13(21)6-2-11)27-19(24)15(10-22)17(23)25/h1-8,16H,9H2,(H2,23,25)/b19-15-. The Balaban J connectivity index is 2.01. The first-order valence-corrected chi connectivity index (χ1v) is 9.11. The van der Waals surface area contributed by atoms with Crippen LogP contribution in [0.15, 0.2) is 59.1 Å². The zero-order chi connectivity index (χ0) is 19.6. The van der Waals surface area contributed by atoms with Crippen LogP contribution < -0.4 is 10.6 Å². The van der Waals surface area contributed by atoms with Crippen LogP contribution in [0, 0.1) is 17.1 Å². The number of carbonyl (C=O) groups excluding carboxylic acids is 2. The Kier molecular flexibility index (Phi) is 5.49. The number of halogens is 2. The molecule has 2 aromatic carbocycles. The lowest BCUT2D eigenvalue weighted by atomic mass is 10.1. The van der Waals surface area contributed by atoms with Gasteiger partial charge in [-0.15, -0.1) is 0 Å². The number of rotatable bonds is 4.